The van der Waals surface area contributed by atoms with E-state index in [0.29, 0.717) is 28.2 Å². The fourth-order valence-electron chi connectivity index (χ4n) is 1.24. The number of hydrogen-bond donors (Lipinski definition) is 2. The maximum Gasteiger partial charge on any atom is 0.147 e. The molecule has 0 aliphatic carbocycles. The molecule has 0 bridgehead atoms. The molecule has 0 aliphatic heterocycles. The molecule has 0 spiro atoms. The van der Waals surface area contributed by atoms with Crippen LogP contribution in [0.3, 0.4) is 0 Å². The van der Waals surface area contributed by atoms with E-state index < -0.39 is 10.8 Å². The Kier molecular flexibility index (Phi) is 6.18. The van der Waals surface area contributed by atoms with E-state index in [9.17, 15) is 4.21 Å². The summed E-state index contributed by atoms with van der Waals surface area (Å²) >= 11 is 12.1. The van der Waals surface area contributed by atoms with Crippen LogP contribution >= 0.6 is 23.2 Å². The van der Waals surface area contributed by atoms with Gasteiger partial charge in [-0.25, -0.2) is 4.98 Å². The van der Waals surface area contributed by atoms with Crippen molar-refractivity contribution in [3.63, 3.8) is 0 Å². The van der Waals surface area contributed by atoms with Crippen molar-refractivity contribution in [2.24, 2.45) is 0 Å². The van der Waals surface area contributed by atoms with Gasteiger partial charge in [0, 0.05) is 35.4 Å². The second-order valence-electron chi connectivity index (χ2n) is 3.87. The Morgan fingerprint density at radius 1 is 1.33 bits per heavy atom. The maximum absolute atomic E-state index is 11.3. The molecule has 4 nitrogen and oxygen atoms in total. The minimum absolute atomic E-state index is 0.0288. The van der Waals surface area contributed by atoms with Gasteiger partial charge < -0.3 is 10.6 Å². The third-order valence-corrected chi connectivity index (χ3v) is 4.27. The average molecular weight is 310 g/mol. The standard InChI is InChI=1S/C11H17Cl2N3OS/c1-4-14-10-8(12)5-9(13)11(16-10)15-6-7(2)18(3)17/h5,7H,4,6H2,1-3H3,(H2,14,15,16). The van der Waals surface area contributed by atoms with Gasteiger partial charge >= 0.3 is 0 Å². The molecule has 0 fully saturated rings. The van der Waals surface area contributed by atoms with Crippen LogP contribution in [0, 0.1) is 0 Å². The molecular formula is C11H17Cl2N3OS. The van der Waals surface area contributed by atoms with Gasteiger partial charge in [-0.05, 0) is 19.9 Å². The Labute approximate surface area is 120 Å². The molecule has 18 heavy (non-hydrogen) atoms. The molecule has 2 atom stereocenters. The first-order valence-electron chi connectivity index (χ1n) is 5.61. The van der Waals surface area contributed by atoms with E-state index in [1.807, 2.05) is 13.8 Å². The summed E-state index contributed by atoms with van der Waals surface area (Å²) in [5.74, 6) is 1.14. The molecular weight excluding hydrogens is 293 g/mol. The average Bonchev–Trinajstić information content (AvgIpc) is 2.30. The van der Waals surface area contributed by atoms with E-state index in [1.165, 1.54) is 0 Å². The van der Waals surface area contributed by atoms with Crippen LogP contribution in [0.15, 0.2) is 6.07 Å². The molecule has 2 N–H and O–H groups in total. The minimum atomic E-state index is -0.879. The fraction of sp³-hybridized carbons (Fsp3) is 0.545. The van der Waals surface area contributed by atoms with Crippen LogP contribution in [0.4, 0.5) is 11.6 Å². The lowest BCUT2D eigenvalue weighted by atomic mass is 10.4. The van der Waals surface area contributed by atoms with E-state index in [-0.39, 0.29) is 5.25 Å². The largest absolute Gasteiger partial charge is 0.369 e. The monoisotopic (exact) mass is 309 g/mol. The number of pyridine rings is 1. The first-order chi connectivity index (χ1) is 8.45. The Morgan fingerprint density at radius 3 is 2.39 bits per heavy atom. The molecule has 0 aromatic carbocycles. The van der Waals surface area contributed by atoms with Crippen LogP contribution in [0.25, 0.3) is 0 Å². The predicted octanol–water partition coefficient (Wildman–Crippen LogP) is 3.00. The Balaban J connectivity index is 2.81. The van der Waals surface area contributed by atoms with Gasteiger partial charge in [-0.1, -0.05) is 23.2 Å². The molecule has 1 aromatic rings. The lowest BCUT2D eigenvalue weighted by Crippen LogP contribution is -2.21. The molecule has 0 saturated heterocycles. The highest BCUT2D eigenvalue weighted by molar-refractivity contribution is 7.84. The number of rotatable bonds is 6. The molecule has 1 rings (SSSR count). The summed E-state index contributed by atoms with van der Waals surface area (Å²) in [6, 6.07) is 1.64. The lowest BCUT2D eigenvalue weighted by molar-refractivity contribution is 0.679. The van der Waals surface area contributed by atoms with Crippen molar-refractivity contribution in [2.75, 3.05) is 30.0 Å². The fourth-order valence-corrected chi connectivity index (χ4v) is 2.05. The lowest BCUT2D eigenvalue weighted by Gasteiger charge is -2.14. The maximum atomic E-state index is 11.3. The zero-order valence-corrected chi connectivity index (χ0v) is 12.9. The molecule has 0 amide bonds. The topological polar surface area (TPSA) is 54.0 Å². The van der Waals surface area contributed by atoms with Crippen molar-refractivity contribution in [1.29, 1.82) is 0 Å². The Bertz CT molecular complexity index is 443. The van der Waals surface area contributed by atoms with Gasteiger partial charge in [0.05, 0.1) is 10.0 Å². The number of nitrogens with one attached hydrogen (secondary N) is 2. The molecule has 0 radical (unpaired) electrons. The highest BCUT2D eigenvalue weighted by atomic mass is 35.5. The van der Waals surface area contributed by atoms with E-state index >= 15 is 0 Å². The third kappa shape index (κ3) is 4.30. The zero-order chi connectivity index (χ0) is 13.7. The number of hydrogen-bond acceptors (Lipinski definition) is 4. The number of aromatic nitrogens is 1. The number of anilines is 2. The third-order valence-electron chi connectivity index (χ3n) is 2.40. The van der Waals surface area contributed by atoms with Crippen molar-refractivity contribution in [1.82, 2.24) is 4.98 Å². The predicted molar refractivity (Wildman–Crippen MR) is 80.4 cm³/mol. The molecule has 102 valence electrons. The minimum Gasteiger partial charge on any atom is -0.369 e. The van der Waals surface area contributed by atoms with Crippen LogP contribution in [-0.4, -0.2) is 33.8 Å². The van der Waals surface area contributed by atoms with E-state index in [2.05, 4.69) is 15.6 Å². The second kappa shape index (κ2) is 7.16. The van der Waals surface area contributed by atoms with Gasteiger partial charge in [-0.3, -0.25) is 4.21 Å². The van der Waals surface area contributed by atoms with Gasteiger partial charge in [0.2, 0.25) is 0 Å². The summed E-state index contributed by atoms with van der Waals surface area (Å²) < 4.78 is 11.3. The zero-order valence-electron chi connectivity index (χ0n) is 10.6. The highest BCUT2D eigenvalue weighted by Crippen LogP contribution is 2.29. The summed E-state index contributed by atoms with van der Waals surface area (Å²) in [7, 11) is -0.879. The van der Waals surface area contributed by atoms with Gasteiger partial charge in [0.15, 0.2) is 0 Å². The van der Waals surface area contributed by atoms with Crippen molar-refractivity contribution in [3.8, 4) is 0 Å². The Hall–Kier alpha value is -0.520. The summed E-state index contributed by atoms with van der Waals surface area (Å²) in [4.78, 5) is 4.31. The van der Waals surface area contributed by atoms with Crippen LogP contribution in [0.1, 0.15) is 13.8 Å². The van der Waals surface area contributed by atoms with Crippen LogP contribution in [0.2, 0.25) is 10.0 Å². The van der Waals surface area contributed by atoms with E-state index in [4.69, 9.17) is 23.2 Å². The van der Waals surface area contributed by atoms with E-state index in [1.54, 1.807) is 12.3 Å². The number of halogens is 2. The van der Waals surface area contributed by atoms with Crippen molar-refractivity contribution >= 4 is 45.6 Å². The first-order valence-corrected chi connectivity index (χ1v) is 7.99. The summed E-state index contributed by atoms with van der Waals surface area (Å²) in [6.45, 7) is 5.13. The molecule has 2 unspecified atom stereocenters. The molecule has 1 aromatic heterocycles. The van der Waals surface area contributed by atoms with Crippen LogP contribution < -0.4 is 10.6 Å². The highest BCUT2D eigenvalue weighted by Gasteiger charge is 2.11. The Morgan fingerprint density at radius 2 is 1.89 bits per heavy atom. The first kappa shape index (κ1) is 15.5. The van der Waals surface area contributed by atoms with Gasteiger partial charge in [-0.15, -0.1) is 0 Å². The second-order valence-corrected chi connectivity index (χ2v) is 6.49. The van der Waals surface area contributed by atoms with Crippen LogP contribution in [-0.2, 0) is 10.8 Å². The molecule has 0 aliphatic rings. The molecule has 0 saturated carbocycles. The van der Waals surface area contributed by atoms with Gasteiger partial charge in [0.25, 0.3) is 0 Å². The summed E-state index contributed by atoms with van der Waals surface area (Å²) in [5.41, 5.74) is 0. The SMILES string of the molecule is CCNc1nc(NCC(C)S(C)=O)c(Cl)cc1Cl. The van der Waals surface area contributed by atoms with Gasteiger partial charge in [-0.2, -0.15) is 0 Å². The normalized spacial score (nSPS) is 14.1. The summed E-state index contributed by atoms with van der Waals surface area (Å²) in [6.07, 6.45) is 1.67. The smallest absolute Gasteiger partial charge is 0.147 e. The quantitative estimate of drug-likeness (QED) is 0.848. The van der Waals surface area contributed by atoms with Crippen LogP contribution in [0.5, 0.6) is 0 Å². The van der Waals surface area contributed by atoms with E-state index in [0.717, 1.165) is 6.54 Å². The molecule has 1 heterocycles. The van der Waals surface area contributed by atoms with Crippen molar-refractivity contribution in [2.45, 2.75) is 19.1 Å². The van der Waals surface area contributed by atoms with Gasteiger partial charge in [0.1, 0.15) is 11.6 Å². The molecule has 7 heteroatoms. The van der Waals surface area contributed by atoms with Crippen molar-refractivity contribution in [3.05, 3.63) is 16.1 Å². The number of nitrogens with zero attached hydrogens (tertiary/aromatic N) is 1. The summed E-state index contributed by atoms with van der Waals surface area (Å²) in [5, 5.41) is 7.11. The van der Waals surface area contributed by atoms with Crippen molar-refractivity contribution < 1.29 is 4.21 Å².